The maximum Gasteiger partial charge on any atom is 0.429 e. The van der Waals surface area contributed by atoms with Gasteiger partial charge in [0, 0.05) is 12.1 Å². The lowest BCUT2D eigenvalue weighted by atomic mass is 9.69. The van der Waals surface area contributed by atoms with Crippen LogP contribution >= 0.6 is 0 Å². The zero-order valence-corrected chi connectivity index (χ0v) is 20.5. The first-order chi connectivity index (χ1) is 17.8. The van der Waals surface area contributed by atoms with Crippen LogP contribution in [0, 0.1) is 52.8 Å². The molecule has 0 saturated heterocycles. The molecule has 0 N–H and O–H groups in total. The summed E-state index contributed by atoms with van der Waals surface area (Å²) in [6, 6.07) is 0.838. The minimum absolute atomic E-state index is 0.0855. The molecule has 0 spiro atoms. The van der Waals surface area contributed by atoms with Gasteiger partial charge in [0.1, 0.15) is 11.3 Å². The minimum atomic E-state index is -4.70. The summed E-state index contributed by atoms with van der Waals surface area (Å²) in [4.78, 5) is 0. The van der Waals surface area contributed by atoms with Crippen LogP contribution < -0.4 is 9.47 Å². The predicted molar refractivity (Wildman–Crippen MR) is 119 cm³/mol. The van der Waals surface area contributed by atoms with Gasteiger partial charge in [-0.05, 0) is 68.4 Å². The van der Waals surface area contributed by atoms with Gasteiger partial charge in [-0.2, -0.15) is 22.0 Å². The molecule has 210 valence electrons. The topological polar surface area (TPSA) is 18.5 Å². The van der Waals surface area contributed by atoms with Crippen LogP contribution in [0.5, 0.6) is 11.5 Å². The van der Waals surface area contributed by atoms with E-state index in [-0.39, 0.29) is 31.0 Å². The molecule has 2 aromatic carbocycles. The van der Waals surface area contributed by atoms with Crippen molar-refractivity contribution in [3.8, 4) is 11.5 Å². The van der Waals surface area contributed by atoms with Crippen LogP contribution in [0.2, 0.25) is 0 Å². The first kappa shape index (κ1) is 28.4. The van der Waals surface area contributed by atoms with E-state index >= 15 is 0 Å². The van der Waals surface area contributed by atoms with Gasteiger partial charge in [0.05, 0.1) is 5.92 Å². The maximum atomic E-state index is 14.9. The number of hydrogen-bond donors (Lipinski definition) is 0. The Morgan fingerprint density at radius 1 is 0.658 bits per heavy atom. The van der Waals surface area contributed by atoms with Crippen LogP contribution in [-0.2, 0) is 6.11 Å². The quantitative estimate of drug-likeness (QED) is 0.251. The Bertz CT molecular complexity index is 1110. The van der Waals surface area contributed by atoms with Crippen molar-refractivity contribution in [2.24, 2.45) is 23.7 Å². The largest absolute Gasteiger partial charge is 0.429 e. The third kappa shape index (κ3) is 6.01. The number of hydrogen-bond acceptors (Lipinski definition) is 2. The van der Waals surface area contributed by atoms with E-state index in [1.807, 2.05) is 0 Å². The molecule has 0 unspecified atom stereocenters. The highest BCUT2D eigenvalue weighted by atomic mass is 19.3. The summed E-state index contributed by atoms with van der Waals surface area (Å²) in [5.41, 5.74) is -1.74. The van der Waals surface area contributed by atoms with Crippen LogP contribution in [-0.4, -0.2) is 6.11 Å². The first-order valence-electron chi connectivity index (χ1n) is 12.5. The second-order valence-electron chi connectivity index (χ2n) is 10.4. The first-order valence-corrected chi connectivity index (χ1v) is 12.5. The molecule has 2 nitrogen and oxygen atoms in total. The summed E-state index contributed by atoms with van der Waals surface area (Å²) in [6.45, 7) is 2.20. The standard InChI is InChI=1S/C27H27F9O2/c1-14-2-4-15(5-3-14)16-6-8-17(9-7-16)26(33,34)38-22-11-10-19(23(30)25(22)32)27(35,36)37-18-12-20(28)24(31)21(29)13-18/h10-17H,2-9H2,1H3. The van der Waals surface area contributed by atoms with E-state index in [9.17, 15) is 39.5 Å². The number of benzene rings is 2. The molecule has 2 fully saturated rings. The molecule has 0 aliphatic heterocycles. The van der Waals surface area contributed by atoms with E-state index in [0.29, 0.717) is 36.7 Å². The van der Waals surface area contributed by atoms with E-state index in [0.717, 1.165) is 25.7 Å². The number of halogens is 9. The summed E-state index contributed by atoms with van der Waals surface area (Å²) in [5.74, 6) is -12.2. The SMILES string of the molecule is CC1CCC(C2CCC(C(F)(F)Oc3ccc(C(F)(F)Oc4cc(F)c(F)c(F)c4)c(F)c3F)CC2)CC1. The van der Waals surface area contributed by atoms with Crippen molar-refractivity contribution in [3.05, 3.63) is 58.9 Å². The van der Waals surface area contributed by atoms with Crippen LogP contribution in [0.1, 0.15) is 63.9 Å². The zero-order chi connectivity index (χ0) is 27.8. The second kappa shape index (κ2) is 10.9. The van der Waals surface area contributed by atoms with Gasteiger partial charge in [0.25, 0.3) is 0 Å². The van der Waals surface area contributed by atoms with Crippen molar-refractivity contribution in [1.82, 2.24) is 0 Å². The monoisotopic (exact) mass is 554 g/mol. The molecule has 2 saturated carbocycles. The Labute approximate surface area is 214 Å². The van der Waals surface area contributed by atoms with E-state index in [1.165, 1.54) is 0 Å². The van der Waals surface area contributed by atoms with E-state index in [2.05, 4.69) is 16.4 Å². The molecule has 11 heteroatoms. The highest BCUT2D eigenvalue weighted by Crippen LogP contribution is 2.46. The fraction of sp³-hybridized carbons (Fsp3) is 0.556. The number of ether oxygens (including phenoxy) is 2. The lowest BCUT2D eigenvalue weighted by Crippen LogP contribution is -2.38. The van der Waals surface area contributed by atoms with Crippen LogP contribution in [0.15, 0.2) is 24.3 Å². The van der Waals surface area contributed by atoms with Gasteiger partial charge in [-0.3, -0.25) is 0 Å². The average molecular weight is 554 g/mol. The van der Waals surface area contributed by atoms with Crippen molar-refractivity contribution < 1.29 is 49.0 Å². The molecule has 0 aromatic heterocycles. The molecule has 0 atom stereocenters. The molecule has 0 heterocycles. The predicted octanol–water partition coefficient (Wildman–Crippen LogP) is 9.11. The van der Waals surface area contributed by atoms with Gasteiger partial charge >= 0.3 is 12.2 Å². The summed E-state index contributed by atoms with van der Waals surface area (Å²) in [6.07, 6.45) is -2.82. The Morgan fingerprint density at radius 2 is 1.18 bits per heavy atom. The van der Waals surface area contributed by atoms with Crippen molar-refractivity contribution in [2.45, 2.75) is 70.5 Å². The minimum Gasteiger partial charge on any atom is -0.429 e. The maximum absolute atomic E-state index is 14.9. The van der Waals surface area contributed by atoms with Crippen molar-refractivity contribution in [3.63, 3.8) is 0 Å². The molecule has 0 radical (unpaired) electrons. The lowest BCUT2D eigenvalue weighted by Gasteiger charge is -2.38. The molecule has 0 bridgehead atoms. The second-order valence-corrected chi connectivity index (χ2v) is 10.4. The summed E-state index contributed by atoms with van der Waals surface area (Å²) >= 11 is 0. The van der Waals surface area contributed by atoms with Gasteiger partial charge in [-0.15, -0.1) is 0 Å². The van der Waals surface area contributed by atoms with Crippen LogP contribution in [0.3, 0.4) is 0 Å². The molecule has 2 aliphatic carbocycles. The van der Waals surface area contributed by atoms with Crippen LogP contribution in [0.4, 0.5) is 39.5 Å². The average Bonchev–Trinajstić information content (AvgIpc) is 2.85. The van der Waals surface area contributed by atoms with Gasteiger partial charge in [-0.1, -0.05) is 19.8 Å². The number of rotatable bonds is 7. The molecular formula is C27H27F9O2. The van der Waals surface area contributed by atoms with Gasteiger partial charge in [-0.25, -0.2) is 17.6 Å². The van der Waals surface area contributed by atoms with Crippen molar-refractivity contribution in [1.29, 1.82) is 0 Å². The van der Waals surface area contributed by atoms with Gasteiger partial charge in [0.15, 0.2) is 29.0 Å². The van der Waals surface area contributed by atoms with E-state index < -0.39 is 64.3 Å². The van der Waals surface area contributed by atoms with Crippen molar-refractivity contribution in [2.75, 3.05) is 0 Å². The third-order valence-electron chi connectivity index (χ3n) is 7.78. The van der Waals surface area contributed by atoms with E-state index in [1.54, 1.807) is 0 Å². The van der Waals surface area contributed by atoms with Gasteiger partial charge < -0.3 is 9.47 Å². The summed E-state index contributed by atoms with van der Waals surface area (Å²) in [7, 11) is 0. The Kier molecular flexibility index (Phi) is 8.14. The Balaban J connectivity index is 1.43. The Morgan fingerprint density at radius 3 is 1.74 bits per heavy atom. The lowest BCUT2D eigenvalue weighted by molar-refractivity contribution is -0.225. The van der Waals surface area contributed by atoms with E-state index in [4.69, 9.17) is 0 Å². The zero-order valence-electron chi connectivity index (χ0n) is 20.5. The molecule has 2 aliphatic rings. The fourth-order valence-corrected chi connectivity index (χ4v) is 5.54. The van der Waals surface area contributed by atoms with Crippen molar-refractivity contribution >= 4 is 0 Å². The van der Waals surface area contributed by atoms with Crippen LogP contribution in [0.25, 0.3) is 0 Å². The molecule has 4 rings (SSSR count). The molecule has 2 aromatic rings. The summed E-state index contributed by atoms with van der Waals surface area (Å²) in [5, 5.41) is 0. The smallest absolute Gasteiger partial charge is 0.429 e. The summed E-state index contributed by atoms with van der Waals surface area (Å²) < 4.78 is 136. The molecule has 0 amide bonds. The highest BCUT2D eigenvalue weighted by molar-refractivity contribution is 5.34. The third-order valence-corrected chi connectivity index (χ3v) is 7.78. The molecule has 38 heavy (non-hydrogen) atoms. The normalized spacial score (nSPS) is 24.8. The fourth-order valence-electron chi connectivity index (χ4n) is 5.54. The highest BCUT2D eigenvalue weighted by Gasteiger charge is 2.46. The van der Waals surface area contributed by atoms with Gasteiger partial charge in [0.2, 0.25) is 5.82 Å². The number of alkyl halides is 4. The Hall–Kier alpha value is -2.59. The molecular weight excluding hydrogens is 527 g/mol.